The van der Waals surface area contributed by atoms with Gasteiger partial charge in [0.15, 0.2) is 5.17 Å². The Morgan fingerprint density at radius 1 is 1.11 bits per heavy atom. The molecule has 2 heterocycles. The third-order valence-corrected chi connectivity index (χ3v) is 7.80. The summed E-state index contributed by atoms with van der Waals surface area (Å²) in [6.07, 6.45) is 6.10. The lowest BCUT2D eigenvalue weighted by molar-refractivity contribution is -0.384. The van der Waals surface area contributed by atoms with Crippen LogP contribution in [-0.4, -0.2) is 26.9 Å². The molecule has 2 aliphatic rings. The van der Waals surface area contributed by atoms with Gasteiger partial charge in [0.1, 0.15) is 11.5 Å². The van der Waals surface area contributed by atoms with E-state index in [9.17, 15) is 14.9 Å². The van der Waals surface area contributed by atoms with Crippen LogP contribution in [0.3, 0.4) is 0 Å². The fraction of sp³-hybridized carbons (Fsp3) is 0.286. The van der Waals surface area contributed by atoms with E-state index in [4.69, 9.17) is 9.41 Å². The maximum Gasteiger partial charge on any atom is 0.270 e. The number of para-hydroxylation sites is 1. The van der Waals surface area contributed by atoms with Gasteiger partial charge in [0.05, 0.1) is 15.5 Å². The van der Waals surface area contributed by atoms with Crippen LogP contribution >= 0.6 is 11.8 Å². The quantitative estimate of drug-likeness (QED) is 0.207. The van der Waals surface area contributed by atoms with Crippen molar-refractivity contribution in [3.63, 3.8) is 0 Å². The third-order valence-electron chi connectivity index (χ3n) is 6.81. The van der Waals surface area contributed by atoms with E-state index in [0.29, 0.717) is 33.1 Å². The number of aliphatic imine (C=N–C) groups is 1. The summed E-state index contributed by atoms with van der Waals surface area (Å²) in [5, 5.41) is 11.9. The van der Waals surface area contributed by atoms with Crippen LogP contribution in [0.25, 0.3) is 17.4 Å². The van der Waals surface area contributed by atoms with Crippen LogP contribution in [0.2, 0.25) is 0 Å². The number of nitro benzene ring substituents is 1. The second-order valence-electron chi connectivity index (χ2n) is 9.30. The zero-order valence-electron chi connectivity index (χ0n) is 20.2. The first kappa shape index (κ1) is 24.1. The Morgan fingerprint density at radius 2 is 1.89 bits per heavy atom. The summed E-state index contributed by atoms with van der Waals surface area (Å²) in [6, 6.07) is 18.1. The van der Waals surface area contributed by atoms with Crippen LogP contribution in [0.4, 0.5) is 11.4 Å². The molecule has 8 heteroatoms. The number of rotatable bonds is 5. The third kappa shape index (κ3) is 4.86. The van der Waals surface area contributed by atoms with Gasteiger partial charge in [-0.15, -0.1) is 0 Å². The number of carbonyl (C=O) groups is 1. The van der Waals surface area contributed by atoms with E-state index in [2.05, 4.69) is 6.92 Å². The molecule has 7 nitrogen and oxygen atoms in total. The molecule has 0 N–H and O–H groups in total. The number of furan rings is 1. The summed E-state index contributed by atoms with van der Waals surface area (Å²) in [4.78, 5) is 31.7. The van der Waals surface area contributed by atoms with Crippen LogP contribution in [0, 0.1) is 23.0 Å². The standard InChI is InChI=1S/C28H27N3O4S/c1-18-12-13-21(31(33)34)16-23(18)25-15-14-22(35-25)17-26-27(32)30(24-11-7-6-8-19(24)2)28(36-26)29-20-9-4-3-5-10-20/h3-5,9-10,12-17,19,24H,6-8,11H2,1-2H3/b26-17-,29-28?/t19-,24-/m1/s1. The molecule has 1 aliphatic carbocycles. The molecular formula is C28H27N3O4S. The van der Waals surface area contributed by atoms with E-state index in [-0.39, 0.29) is 17.6 Å². The minimum absolute atomic E-state index is 0.00689. The van der Waals surface area contributed by atoms with Gasteiger partial charge in [0.2, 0.25) is 0 Å². The van der Waals surface area contributed by atoms with Crippen molar-refractivity contribution in [3.8, 4) is 11.3 Å². The van der Waals surface area contributed by atoms with Gasteiger partial charge in [-0.2, -0.15) is 0 Å². The molecule has 2 atom stereocenters. The van der Waals surface area contributed by atoms with Gasteiger partial charge in [0.25, 0.3) is 11.6 Å². The molecule has 1 aliphatic heterocycles. The number of nitro groups is 1. The van der Waals surface area contributed by atoms with E-state index in [1.807, 2.05) is 42.2 Å². The average molecular weight is 502 g/mol. The number of nitrogens with zero attached hydrogens (tertiary/aromatic N) is 3. The molecular weight excluding hydrogens is 474 g/mol. The van der Waals surface area contributed by atoms with Gasteiger partial charge < -0.3 is 4.42 Å². The summed E-state index contributed by atoms with van der Waals surface area (Å²) in [6.45, 7) is 4.09. The fourth-order valence-corrected chi connectivity index (χ4v) is 5.87. The summed E-state index contributed by atoms with van der Waals surface area (Å²) < 4.78 is 6.03. The van der Waals surface area contributed by atoms with Crippen LogP contribution in [0.1, 0.15) is 43.9 Å². The van der Waals surface area contributed by atoms with Gasteiger partial charge in [-0.05, 0) is 67.3 Å². The minimum Gasteiger partial charge on any atom is -0.457 e. The number of amidine groups is 1. The second-order valence-corrected chi connectivity index (χ2v) is 10.3. The number of thioether (sulfide) groups is 1. The van der Waals surface area contributed by atoms with Crippen molar-refractivity contribution in [1.29, 1.82) is 0 Å². The van der Waals surface area contributed by atoms with E-state index < -0.39 is 4.92 Å². The number of hydrogen-bond donors (Lipinski definition) is 0. The van der Waals surface area contributed by atoms with E-state index in [1.165, 1.54) is 30.3 Å². The summed E-state index contributed by atoms with van der Waals surface area (Å²) in [5.74, 6) is 1.38. The van der Waals surface area contributed by atoms with Crippen molar-refractivity contribution in [1.82, 2.24) is 4.90 Å². The molecule has 1 aromatic heterocycles. The van der Waals surface area contributed by atoms with Crippen LogP contribution in [0.5, 0.6) is 0 Å². The van der Waals surface area contributed by atoms with Crippen molar-refractivity contribution in [3.05, 3.63) is 87.0 Å². The van der Waals surface area contributed by atoms with Crippen molar-refractivity contribution in [2.75, 3.05) is 0 Å². The first-order chi connectivity index (χ1) is 17.4. The maximum atomic E-state index is 13.6. The van der Waals surface area contributed by atoms with Gasteiger partial charge >= 0.3 is 0 Å². The Kier molecular flexibility index (Phi) is 6.78. The minimum atomic E-state index is -0.420. The number of carbonyl (C=O) groups excluding carboxylic acids is 1. The van der Waals surface area contributed by atoms with E-state index in [0.717, 1.165) is 30.5 Å². The SMILES string of the molecule is Cc1ccc([N+](=O)[O-])cc1-c1ccc(/C=C2\SC(=Nc3ccccc3)N([C@@H]3CCCC[C@H]3C)C2=O)o1. The molecule has 184 valence electrons. The topological polar surface area (TPSA) is 89.0 Å². The largest absolute Gasteiger partial charge is 0.457 e. The molecule has 0 radical (unpaired) electrons. The van der Waals surface area contributed by atoms with Crippen molar-refractivity contribution < 1.29 is 14.1 Å². The molecule has 1 saturated carbocycles. The summed E-state index contributed by atoms with van der Waals surface area (Å²) >= 11 is 1.36. The average Bonchev–Trinajstić information content (AvgIpc) is 3.45. The zero-order chi connectivity index (χ0) is 25.2. The Morgan fingerprint density at radius 3 is 2.64 bits per heavy atom. The Bertz CT molecular complexity index is 1360. The lowest BCUT2D eigenvalue weighted by Gasteiger charge is -2.35. The smallest absolute Gasteiger partial charge is 0.270 e. The second kappa shape index (κ2) is 10.1. The highest BCUT2D eigenvalue weighted by atomic mass is 32.2. The molecule has 0 bridgehead atoms. The zero-order valence-corrected chi connectivity index (χ0v) is 21.0. The predicted molar refractivity (Wildman–Crippen MR) is 143 cm³/mol. The highest BCUT2D eigenvalue weighted by molar-refractivity contribution is 8.18. The Labute approximate surface area is 214 Å². The van der Waals surface area contributed by atoms with Gasteiger partial charge in [-0.3, -0.25) is 19.8 Å². The molecule has 2 aromatic carbocycles. The van der Waals surface area contributed by atoms with Crippen molar-refractivity contribution in [2.24, 2.45) is 10.9 Å². The van der Waals surface area contributed by atoms with Gasteiger partial charge in [-0.25, -0.2) is 4.99 Å². The molecule has 2 fully saturated rings. The molecule has 3 aromatic rings. The lowest BCUT2D eigenvalue weighted by Crippen LogP contribution is -2.44. The fourth-order valence-electron chi connectivity index (χ4n) is 4.84. The predicted octanol–water partition coefficient (Wildman–Crippen LogP) is 7.35. The monoisotopic (exact) mass is 501 g/mol. The van der Waals surface area contributed by atoms with E-state index >= 15 is 0 Å². The molecule has 0 unspecified atom stereocenters. The Hall–Kier alpha value is -3.65. The lowest BCUT2D eigenvalue weighted by atomic mass is 9.85. The maximum absolute atomic E-state index is 13.6. The highest BCUT2D eigenvalue weighted by Gasteiger charge is 2.41. The van der Waals surface area contributed by atoms with Crippen LogP contribution in [0.15, 0.2) is 75.0 Å². The number of amides is 1. The van der Waals surface area contributed by atoms with Gasteiger partial charge in [0, 0.05) is 29.8 Å². The van der Waals surface area contributed by atoms with Crippen LogP contribution in [-0.2, 0) is 4.79 Å². The highest BCUT2D eigenvalue weighted by Crippen LogP contribution is 2.40. The number of non-ortho nitro benzene ring substituents is 1. The normalized spacial score (nSPS) is 22.5. The van der Waals surface area contributed by atoms with Crippen LogP contribution < -0.4 is 0 Å². The Balaban J connectivity index is 1.48. The molecule has 36 heavy (non-hydrogen) atoms. The van der Waals surface area contributed by atoms with Crippen molar-refractivity contribution >= 4 is 40.3 Å². The first-order valence-corrected chi connectivity index (χ1v) is 12.9. The molecule has 5 rings (SSSR count). The molecule has 1 saturated heterocycles. The first-order valence-electron chi connectivity index (χ1n) is 12.1. The summed E-state index contributed by atoms with van der Waals surface area (Å²) in [5.41, 5.74) is 2.34. The molecule has 0 spiro atoms. The number of benzene rings is 2. The van der Waals surface area contributed by atoms with Gasteiger partial charge in [-0.1, -0.05) is 44.0 Å². The van der Waals surface area contributed by atoms with E-state index in [1.54, 1.807) is 24.3 Å². The van der Waals surface area contributed by atoms with Crippen molar-refractivity contribution in [2.45, 2.75) is 45.6 Å². The number of hydrogen-bond acceptors (Lipinski definition) is 6. The summed E-state index contributed by atoms with van der Waals surface area (Å²) in [7, 11) is 0. The molecule has 1 amide bonds. The number of aryl methyl sites for hydroxylation is 1.